The molecule has 0 unspecified atom stereocenters. The number of fused-ring (bicyclic) bond motifs is 10. The summed E-state index contributed by atoms with van der Waals surface area (Å²) in [5, 5.41) is 7.39. The maximum Gasteiger partial charge on any atom is 0.235 e. The van der Waals surface area contributed by atoms with Gasteiger partial charge in [-0.2, -0.15) is 0 Å². The van der Waals surface area contributed by atoms with Crippen LogP contribution in [-0.4, -0.2) is 19.5 Å². The largest absolute Gasteiger partial charge is 0.276 e. The average molecular weight is 611 g/mol. The average Bonchev–Trinajstić information content (AvgIpc) is 3.76. The van der Waals surface area contributed by atoms with Crippen LogP contribution in [0.3, 0.4) is 0 Å². The van der Waals surface area contributed by atoms with E-state index in [0.29, 0.717) is 5.95 Å². The molecule has 5 aromatic heterocycles. The van der Waals surface area contributed by atoms with Crippen LogP contribution in [0.25, 0.3) is 90.6 Å². The van der Waals surface area contributed by atoms with Crippen molar-refractivity contribution in [3.05, 3.63) is 134 Å². The van der Waals surface area contributed by atoms with Gasteiger partial charge in [0.25, 0.3) is 0 Å². The van der Waals surface area contributed by atoms with E-state index in [0.717, 1.165) is 44.3 Å². The van der Waals surface area contributed by atoms with Crippen LogP contribution in [-0.2, 0) is 0 Å². The van der Waals surface area contributed by atoms with Crippen LogP contribution in [0, 0.1) is 0 Å². The summed E-state index contributed by atoms with van der Waals surface area (Å²) >= 11 is 3.76. The maximum atomic E-state index is 5.39. The lowest BCUT2D eigenvalue weighted by Gasteiger charge is -2.13. The topological polar surface area (TPSA) is 43.6 Å². The third kappa shape index (κ3) is 3.67. The molecule has 0 aliphatic carbocycles. The highest BCUT2D eigenvalue weighted by atomic mass is 32.2. The summed E-state index contributed by atoms with van der Waals surface area (Å²) in [6, 6.07) is 42.9. The standard InChI is InChI=1S/C39H22N4S2/c1-2-9-23(10-3-1)35-30-21-24(25-11-8-20-40-22-25)16-19-31(30)41-39(42-35)43-32-14-6-4-12-26(32)27-17-18-29-34-28-13-5-7-15-33(28)44-38(34)45-37(29)36(27)43/h1-22H. The van der Waals surface area contributed by atoms with Crippen LogP contribution >= 0.6 is 22.7 Å². The number of thiophene rings is 2. The van der Waals surface area contributed by atoms with Crippen molar-refractivity contribution in [1.29, 1.82) is 0 Å². The molecule has 0 radical (unpaired) electrons. The van der Waals surface area contributed by atoms with Gasteiger partial charge in [-0.25, -0.2) is 9.97 Å². The van der Waals surface area contributed by atoms with Crippen LogP contribution in [0.15, 0.2) is 134 Å². The summed E-state index contributed by atoms with van der Waals surface area (Å²) in [5.74, 6) is 0.677. The van der Waals surface area contributed by atoms with Crippen LogP contribution in [0.5, 0.6) is 0 Å². The monoisotopic (exact) mass is 610 g/mol. The van der Waals surface area contributed by atoms with Gasteiger partial charge < -0.3 is 0 Å². The molecule has 0 N–H and O–H groups in total. The molecule has 0 spiro atoms. The van der Waals surface area contributed by atoms with E-state index in [9.17, 15) is 0 Å². The summed E-state index contributed by atoms with van der Waals surface area (Å²) in [7, 11) is 0. The van der Waals surface area contributed by atoms with Gasteiger partial charge in [0.05, 0.1) is 31.0 Å². The summed E-state index contributed by atoms with van der Waals surface area (Å²) in [4.78, 5) is 15.0. The highest BCUT2D eigenvalue weighted by molar-refractivity contribution is 7.45. The molecule has 45 heavy (non-hydrogen) atoms. The van der Waals surface area contributed by atoms with Gasteiger partial charge in [-0.3, -0.25) is 9.55 Å². The van der Waals surface area contributed by atoms with Gasteiger partial charge in [0.15, 0.2) is 0 Å². The Kier molecular flexibility index (Phi) is 5.29. The quantitative estimate of drug-likeness (QED) is 0.200. The first-order chi connectivity index (χ1) is 22.3. The molecular formula is C39H22N4S2. The van der Waals surface area contributed by atoms with Gasteiger partial charge in [-0.15, -0.1) is 22.7 Å². The minimum atomic E-state index is 0.677. The van der Waals surface area contributed by atoms with Gasteiger partial charge in [0, 0.05) is 60.5 Å². The molecular weight excluding hydrogens is 589 g/mol. The van der Waals surface area contributed by atoms with Gasteiger partial charge >= 0.3 is 0 Å². The lowest BCUT2D eigenvalue weighted by molar-refractivity contribution is 1.02. The van der Waals surface area contributed by atoms with E-state index in [1.165, 1.54) is 40.3 Å². The first-order valence-electron chi connectivity index (χ1n) is 14.9. The van der Waals surface area contributed by atoms with Crippen molar-refractivity contribution in [2.75, 3.05) is 0 Å². The zero-order valence-corrected chi connectivity index (χ0v) is 25.4. The van der Waals surface area contributed by atoms with E-state index in [-0.39, 0.29) is 0 Å². The van der Waals surface area contributed by atoms with E-state index >= 15 is 0 Å². The predicted molar refractivity (Wildman–Crippen MR) is 191 cm³/mol. The fourth-order valence-corrected chi connectivity index (χ4v) is 9.44. The molecule has 0 bridgehead atoms. The Morgan fingerprint density at radius 2 is 1.36 bits per heavy atom. The van der Waals surface area contributed by atoms with Crippen LogP contribution in [0.4, 0.5) is 0 Å². The van der Waals surface area contributed by atoms with E-state index < -0.39 is 0 Å². The number of nitrogens with zero attached hydrogens (tertiary/aromatic N) is 4. The number of benzene rings is 5. The van der Waals surface area contributed by atoms with Crippen molar-refractivity contribution >= 4 is 85.0 Å². The van der Waals surface area contributed by atoms with Crippen LogP contribution < -0.4 is 0 Å². The number of aromatic nitrogens is 4. The molecule has 10 aromatic rings. The predicted octanol–water partition coefficient (Wildman–Crippen LogP) is 11.0. The fourth-order valence-electron chi connectivity index (χ4n) is 6.72. The molecule has 0 saturated heterocycles. The second-order valence-electron chi connectivity index (χ2n) is 11.3. The molecule has 4 nitrogen and oxygen atoms in total. The highest BCUT2D eigenvalue weighted by Gasteiger charge is 2.22. The maximum absolute atomic E-state index is 5.39. The minimum absolute atomic E-state index is 0.677. The number of hydrogen-bond acceptors (Lipinski definition) is 5. The molecule has 6 heteroatoms. The fraction of sp³-hybridized carbons (Fsp3) is 0. The third-order valence-corrected chi connectivity index (χ3v) is 11.2. The summed E-state index contributed by atoms with van der Waals surface area (Å²) in [5.41, 5.74) is 7.30. The van der Waals surface area contributed by atoms with Crippen molar-refractivity contribution in [2.24, 2.45) is 0 Å². The molecule has 5 aromatic carbocycles. The van der Waals surface area contributed by atoms with E-state index in [4.69, 9.17) is 9.97 Å². The second kappa shape index (κ2) is 9.53. The zero-order valence-electron chi connectivity index (χ0n) is 23.8. The molecule has 0 aliphatic rings. The zero-order chi connectivity index (χ0) is 29.5. The van der Waals surface area contributed by atoms with Gasteiger partial charge in [-0.05, 0) is 35.9 Å². The minimum Gasteiger partial charge on any atom is -0.276 e. The molecule has 0 atom stereocenters. The highest BCUT2D eigenvalue weighted by Crippen LogP contribution is 2.48. The van der Waals surface area contributed by atoms with E-state index in [1.807, 2.05) is 41.0 Å². The van der Waals surface area contributed by atoms with Crippen molar-refractivity contribution in [2.45, 2.75) is 0 Å². The summed E-state index contributed by atoms with van der Waals surface area (Å²) < 4.78 is 6.24. The smallest absolute Gasteiger partial charge is 0.235 e. The summed E-state index contributed by atoms with van der Waals surface area (Å²) in [6.45, 7) is 0. The Bertz CT molecular complexity index is 2760. The SMILES string of the molecule is c1ccc(-c2nc(-n3c4ccccc4c4ccc5c(sc6sc7ccccc7c65)c43)nc3ccc(-c4cccnc4)cc23)cc1. The van der Waals surface area contributed by atoms with Crippen molar-refractivity contribution in [1.82, 2.24) is 19.5 Å². The lowest BCUT2D eigenvalue weighted by atomic mass is 10.0. The molecule has 5 heterocycles. The van der Waals surface area contributed by atoms with Crippen molar-refractivity contribution in [3.8, 4) is 28.3 Å². The van der Waals surface area contributed by atoms with Crippen LogP contribution in [0.1, 0.15) is 0 Å². The van der Waals surface area contributed by atoms with Crippen LogP contribution in [0.2, 0.25) is 0 Å². The molecule has 0 amide bonds. The Balaban J connectivity index is 1.32. The number of pyridine rings is 1. The second-order valence-corrected chi connectivity index (χ2v) is 13.6. The molecule has 0 aliphatic heterocycles. The number of para-hydroxylation sites is 1. The first-order valence-corrected chi connectivity index (χ1v) is 16.5. The van der Waals surface area contributed by atoms with E-state index in [1.54, 1.807) is 6.20 Å². The molecule has 0 saturated carbocycles. The Labute approximate surface area is 265 Å². The van der Waals surface area contributed by atoms with Crippen molar-refractivity contribution in [3.63, 3.8) is 0 Å². The van der Waals surface area contributed by atoms with Crippen molar-refractivity contribution < 1.29 is 0 Å². The molecule has 210 valence electrons. The molecule has 10 rings (SSSR count). The third-order valence-electron chi connectivity index (χ3n) is 8.74. The lowest BCUT2D eigenvalue weighted by Crippen LogP contribution is -2.03. The summed E-state index contributed by atoms with van der Waals surface area (Å²) in [6.07, 6.45) is 3.70. The van der Waals surface area contributed by atoms with Gasteiger partial charge in [0.1, 0.15) is 0 Å². The van der Waals surface area contributed by atoms with Gasteiger partial charge in [-0.1, -0.05) is 91.0 Å². The number of hydrogen-bond donors (Lipinski definition) is 0. The first kappa shape index (κ1) is 25.0. The normalized spacial score (nSPS) is 12.0. The number of rotatable bonds is 3. The Morgan fingerprint density at radius 3 is 2.24 bits per heavy atom. The Morgan fingerprint density at radius 1 is 0.556 bits per heavy atom. The van der Waals surface area contributed by atoms with Gasteiger partial charge in [0.2, 0.25) is 5.95 Å². The molecule has 0 fully saturated rings. The Hall–Kier alpha value is -5.43. The van der Waals surface area contributed by atoms with E-state index in [2.05, 4.69) is 119 Å².